The summed E-state index contributed by atoms with van der Waals surface area (Å²) in [6.45, 7) is -0.343. The van der Waals surface area contributed by atoms with Crippen LogP contribution in [0.1, 0.15) is 31.3 Å². The lowest BCUT2D eigenvalue weighted by atomic mass is 10.1. The third kappa shape index (κ3) is 3.63. The van der Waals surface area contributed by atoms with Crippen molar-refractivity contribution in [2.45, 2.75) is 6.54 Å². The van der Waals surface area contributed by atoms with Gasteiger partial charge in [-0.3, -0.25) is 4.79 Å². The fraction of sp³-hybridized carbons (Fsp3) is 0.312. The van der Waals surface area contributed by atoms with E-state index in [9.17, 15) is 14.4 Å². The second-order valence-corrected chi connectivity index (χ2v) is 4.92. The fourth-order valence-corrected chi connectivity index (χ4v) is 2.19. The number of ether oxygens (including phenoxy) is 4. The second-order valence-electron chi connectivity index (χ2n) is 4.92. The van der Waals surface area contributed by atoms with Crippen molar-refractivity contribution in [1.82, 2.24) is 15.0 Å². The highest BCUT2D eigenvalue weighted by Gasteiger charge is 2.28. The number of methoxy groups -OCH3 is 4. The van der Waals surface area contributed by atoms with Gasteiger partial charge in [0.1, 0.15) is 6.54 Å². The van der Waals surface area contributed by atoms with Crippen LogP contribution >= 0.6 is 0 Å². The average Bonchev–Trinajstić information content (AvgIpc) is 3.09. The average molecular weight is 363 g/mol. The van der Waals surface area contributed by atoms with Gasteiger partial charge in [0.15, 0.2) is 23.0 Å². The number of ketones is 1. The van der Waals surface area contributed by atoms with Gasteiger partial charge < -0.3 is 18.9 Å². The molecule has 1 heterocycles. The van der Waals surface area contributed by atoms with Gasteiger partial charge in [0.05, 0.1) is 28.4 Å². The molecule has 0 fully saturated rings. The van der Waals surface area contributed by atoms with E-state index in [0.717, 1.165) is 18.9 Å². The maximum atomic E-state index is 12.5. The van der Waals surface area contributed by atoms with Crippen LogP contribution in [0.2, 0.25) is 0 Å². The van der Waals surface area contributed by atoms with Gasteiger partial charge in [-0.25, -0.2) is 14.3 Å². The van der Waals surface area contributed by atoms with Gasteiger partial charge in [-0.2, -0.15) is 0 Å². The Morgan fingerprint density at radius 2 is 1.62 bits per heavy atom. The summed E-state index contributed by atoms with van der Waals surface area (Å²) in [5, 5.41) is 7.29. The minimum absolute atomic E-state index is 0.270. The van der Waals surface area contributed by atoms with Crippen LogP contribution in [0.15, 0.2) is 18.2 Å². The molecular weight excluding hydrogens is 346 g/mol. The minimum atomic E-state index is -0.866. The quantitative estimate of drug-likeness (QED) is 0.518. The molecule has 0 aliphatic rings. The molecule has 0 saturated heterocycles. The van der Waals surface area contributed by atoms with Crippen molar-refractivity contribution in [2.24, 2.45) is 0 Å². The zero-order chi connectivity index (χ0) is 19.3. The molecule has 0 unspecified atom stereocenters. The standard InChI is InChI=1S/C16H17N3O7/c1-23-11-6-5-9(7-12(11)24-2)10(20)8-19-14(16(22)26-4)13(17-18-19)15(21)25-3/h5-7H,8H2,1-4H3. The molecule has 1 aromatic carbocycles. The van der Waals surface area contributed by atoms with E-state index >= 15 is 0 Å². The molecule has 1 aromatic heterocycles. The Bertz CT molecular complexity index is 844. The molecule has 138 valence electrons. The second kappa shape index (κ2) is 8.10. The first-order valence-corrected chi connectivity index (χ1v) is 7.32. The lowest BCUT2D eigenvalue weighted by molar-refractivity contribution is 0.0543. The molecule has 0 aliphatic heterocycles. The zero-order valence-electron chi connectivity index (χ0n) is 14.6. The lowest BCUT2D eigenvalue weighted by Gasteiger charge is -2.09. The summed E-state index contributed by atoms with van der Waals surface area (Å²) in [6.07, 6.45) is 0. The van der Waals surface area contributed by atoms with Gasteiger partial charge in [-0.1, -0.05) is 5.21 Å². The number of carbonyl (C=O) groups is 3. The highest BCUT2D eigenvalue weighted by Crippen LogP contribution is 2.27. The number of hydrogen-bond donors (Lipinski definition) is 0. The zero-order valence-corrected chi connectivity index (χ0v) is 14.6. The number of nitrogens with zero attached hydrogens (tertiary/aromatic N) is 3. The van der Waals surface area contributed by atoms with Crippen molar-refractivity contribution in [3.63, 3.8) is 0 Å². The molecular formula is C16H17N3O7. The maximum absolute atomic E-state index is 12.5. The Morgan fingerprint density at radius 1 is 0.962 bits per heavy atom. The third-order valence-corrected chi connectivity index (χ3v) is 3.49. The van der Waals surface area contributed by atoms with Crippen LogP contribution in [-0.2, 0) is 16.0 Å². The van der Waals surface area contributed by atoms with E-state index in [1.54, 1.807) is 12.1 Å². The van der Waals surface area contributed by atoms with Crippen molar-refractivity contribution < 1.29 is 33.3 Å². The predicted octanol–water partition coefficient (Wildman–Crippen LogP) is 0.751. The van der Waals surface area contributed by atoms with E-state index in [2.05, 4.69) is 19.8 Å². The van der Waals surface area contributed by atoms with Crippen LogP contribution < -0.4 is 9.47 Å². The van der Waals surface area contributed by atoms with Crippen molar-refractivity contribution in [3.8, 4) is 11.5 Å². The van der Waals surface area contributed by atoms with Crippen LogP contribution in [0.25, 0.3) is 0 Å². The molecule has 0 spiro atoms. The molecule has 0 aliphatic carbocycles. The highest BCUT2D eigenvalue weighted by atomic mass is 16.5. The van der Waals surface area contributed by atoms with Crippen LogP contribution in [0, 0.1) is 0 Å². The number of rotatable bonds is 7. The van der Waals surface area contributed by atoms with Crippen LogP contribution in [0.4, 0.5) is 0 Å². The number of carbonyl (C=O) groups excluding carboxylic acids is 3. The Morgan fingerprint density at radius 3 is 2.19 bits per heavy atom. The summed E-state index contributed by atoms with van der Waals surface area (Å²) in [5.41, 5.74) is -0.304. The monoisotopic (exact) mass is 363 g/mol. The summed E-state index contributed by atoms with van der Waals surface area (Å²) >= 11 is 0. The third-order valence-electron chi connectivity index (χ3n) is 3.49. The van der Waals surface area contributed by atoms with E-state index < -0.39 is 17.7 Å². The van der Waals surface area contributed by atoms with Gasteiger partial charge in [0.2, 0.25) is 5.69 Å². The molecule has 2 aromatic rings. The number of hydrogen-bond acceptors (Lipinski definition) is 9. The van der Waals surface area contributed by atoms with Gasteiger partial charge in [-0.15, -0.1) is 5.10 Å². The van der Waals surface area contributed by atoms with E-state index in [1.165, 1.54) is 20.3 Å². The summed E-state index contributed by atoms with van der Waals surface area (Å²) in [4.78, 5) is 36.2. The number of esters is 2. The molecule has 10 nitrogen and oxygen atoms in total. The normalized spacial score (nSPS) is 10.2. The molecule has 0 saturated carbocycles. The molecule has 0 radical (unpaired) electrons. The topological polar surface area (TPSA) is 119 Å². The molecule has 0 N–H and O–H groups in total. The summed E-state index contributed by atoms with van der Waals surface area (Å²) < 4.78 is 20.4. The minimum Gasteiger partial charge on any atom is -0.493 e. The Kier molecular flexibility index (Phi) is 5.89. The Hall–Kier alpha value is -3.43. The largest absolute Gasteiger partial charge is 0.493 e. The lowest BCUT2D eigenvalue weighted by Crippen LogP contribution is -2.20. The first kappa shape index (κ1) is 18.9. The van der Waals surface area contributed by atoms with Gasteiger partial charge >= 0.3 is 11.9 Å². The summed E-state index contributed by atoms with van der Waals surface area (Å²) in [5.74, 6) is -1.28. The van der Waals surface area contributed by atoms with E-state index in [4.69, 9.17) is 9.47 Å². The van der Waals surface area contributed by atoms with Crippen LogP contribution in [0.5, 0.6) is 11.5 Å². The maximum Gasteiger partial charge on any atom is 0.361 e. The smallest absolute Gasteiger partial charge is 0.361 e. The summed E-state index contributed by atoms with van der Waals surface area (Å²) in [7, 11) is 5.20. The first-order valence-electron chi connectivity index (χ1n) is 7.32. The number of benzene rings is 1. The highest BCUT2D eigenvalue weighted by molar-refractivity contribution is 6.01. The molecule has 26 heavy (non-hydrogen) atoms. The first-order chi connectivity index (χ1) is 12.5. The molecule has 0 atom stereocenters. The molecule has 0 amide bonds. The molecule has 2 rings (SSSR count). The SMILES string of the molecule is COC(=O)c1nnn(CC(=O)c2ccc(OC)c(OC)c2)c1C(=O)OC. The van der Waals surface area contributed by atoms with Crippen molar-refractivity contribution in [2.75, 3.05) is 28.4 Å². The molecule has 0 bridgehead atoms. The van der Waals surface area contributed by atoms with E-state index in [1.807, 2.05) is 0 Å². The van der Waals surface area contributed by atoms with Crippen molar-refractivity contribution >= 4 is 17.7 Å². The summed E-state index contributed by atoms with van der Waals surface area (Å²) in [6, 6.07) is 4.62. The van der Waals surface area contributed by atoms with E-state index in [0.29, 0.717) is 17.1 Å². The van der Waals surface area contributed by atoms with Crippen molar-refractivity contribution in [1.29, 1.82) is 0 Å². The number of aromatic nitrogens is 3. The molecule has 10 heteroatoms. The Labute approximate surface area is 148 Å². The number of Topliss-reactive ketones (excluding diaryl/α,β-unsaturated/α-hetero) is 1. The van der Waals surface area contributed by atoms with Gasteiger partial charge in [0.25, 0.3) is 0 Å². The van der Waals surface area contributed by atoms with Gasteiger partial charge in [-0.05, 0) is 18.2 Å². The fourth-order valence-electron chi connectivity index (χ4n) is 2.19. The van der Waals surface area contributed by atoms with Crippen LogP contribution in [0.3, 0.4) is 0 Å². The van der Waals surface area contributed by atoms with E-state index in [-0.39, 0.29) is 17.9 Å². The Balaban J connectivity index is 2.36. The predicted molar refractivity (Wildman–Crippen MR) is 86.6 cm³/mol. The van der Waals surface area contributed by atoms with Crippen LogP contribution in [-0.4, -0.2) is 61.2 Å². The van der Waals surface area contributed by atoms with Gasteiger partial charge in [0, 0.05) is 5.56 Å². The van der Waals surface area contributed by atoms with Crippen molar-refractivity contribution in [3.05, 3.63) is 35.2 Å².